The van der Waals surface area contributed by atoms with Crippen molar-refractivity contribution < 1.29 is 5.11 Å². The van der Waals surface area contributed by atoms with E-state index in [9.17, 15) is 0 Å². The molecule has 0 aliphatic rings. The molecule has 1 aromatic carbocycles. The maximum atomic E-state index is 9.14. The molecule has 0 amide bonds. The molecule has 0 aliphatic heterocycles. The lowest BCUT2D eigenvalue weighted by molar-refractivity contribution is 0.178. The Morgan fingerprint density at radius 3 is 2.42 bits per heavy atom. The standard InChI is InChI=1S/C15H25N3O/c1-15(2,14(16)17)8-9-18(10-11-19)12-13-6-4-3-5-7-13/h3-7,19H,8-12H2,1-2H3,(H3,16,17). The summed E-state index contributed by atoms with van der Waals surface area (Å²) in [5.74, 6) is 0.219. The smallest absolute Gasteiger partial charge is 0.0963 e. The highest BCUT2D eigenvalue weighted by Crippen LogP contribution is 2.20. The van der Waals surface area contributed by atoms with Gasteiger partial charge in [0, 0.05) is 18.5 Å². The summed E-state index contributed by atoms with van der Waals surface area (Å²) in [5, 5.41) is 16.7. The van der Waals surface area contributed by atoms with Gasteiger partial charge in [0.25, 0.3) is 0 Å². The van der Waals surface area contributed by atoms with Gasteiger partial charge in [0.1, 0.15) is 0 Å². The molecule has 4 N–H and O–H groups in total. The summed E-state index contributed by atoms with van der Waals surface area (Å²) in [6.45, 7) is 6.39. The second-order valence-corrected chi connectivity index (χ2v) is 5.53. The van der Waals surface area contributed by atoms with Crippen molar-refractivity contribution in [2.24, 2.45) is 11.1 Å². The van der Waals surface area contributed by atoms with E-state index in [1.54, 1.807) is 0 Å². The van der Waals surface area contributed by atoms with Crippen molar-refractivity contribution in [2.75, 3.05) is 19.7 Å². The average molecular weight is 263 g/mol. The molecule has 0 unspecified atom stereocenters. The zero-order chi connectivity index (χ0) is 14.3. The van der Waals surface area contributed by atoms with Crippen molar-refractivity contribution >= 4 is 5.84 Å². The lowest BCUT2D eigenvalue weighted by Gasteiger charge is -2.28. The fourth-order valence-electron chi connectivity index (χ4n) is 1.83. The van der Waals surface area contributed by atoms with Gasteiger partial charge >= 0.3 is 0 Å². The fourth-order valence-corrected chi connectivity index (χ4v) is 1.83. The van der Waals surface area contributed by atoms with E-state index in [1.807, 2.05) is 32.0 Å². The molecule has 1 aromatic rings. The molecule has 0 spiro atoms. The summed E-state index contributed by atoms with van der Waals surface area (Å²) < 4.78 is 0. The molecule has 4 nitrogen and oxygen atoms in total. The Bertz CT molecular complexity index is 390. The molecule has 0 radical (unpaired) electrons. The first kappa shape index (κ1) is 15.7. The molecule has 0 fully saturated rings. The third-order valence-corrected chi connectivity index (χ3v) is 3.45. The topological polar surface area (TPSA) is 73.3 Å². The minimum Gasteiger partial charge on any atom is -0.395 e. The molecule has 4 heteroatoms. The van der Waals surface area contributed by atoms with Gasteiger partial charge < -0.3 is 10.8 Å². The molecule has 0 saturated carbocycles. The van der Waals surface area contributed by atoms with Gasteiger partial charge in [-0.2, -0.15) is 0 Å². The quantitative estimate of drug-likeness (QED) is 0.495. The van der Waals surface area contributed by atoms with Crippen LogP contribution in [0.3, 0.4) is 0 Å². The Balaban J connectivity index is 2.56. The normalized spacial score (nSPS) is 11.8. The SMILES string of the molecule is CC(C)(CCN(CCO)Cc1ccccc1)C(=N)N. The van der Waals surface area contributed by atoms with Crippen LogP contribution in [-0.4, -0.2) is 35.5 Å². The predicted molar refractivity (Wildman–Crippen MR) is 79.1 cm³/mol. The number of nitrogens with one attached hydrogen (secondary N) is 1. The van der Waals surface area contributed by atoms with Crippen molar-refractivity contribution in [1.29, 1.82) is 5.41 Å². The largest absolute Gasteiger partial charge is 0.395 e. The fraction of sp³-hybridized carbons (Fsp3) is 0.533. The summed E-state index contributed by atoms with van der Waals surface area (Å²) in [6.07, 6.45) is 0.815. The van der Waals surface area contributed by atoms with Crippen LogP contribution in [0.2, 0.25) is 0 Å². The van der Waals surface area contributed by atoms with E-state index in [0.29, 0.717) is 6.54 Å². The van der Waals surface area contributed by atoms with Gasteiger partial charge in [0.05, 0.1) is 12.4 Å². The zero-order valence-electron chi connectivity index (χ0n) is 11.9. The highest BCUT2D eigenvalue weighted by atomic mass is 16.3. The first-order valence-electron chi connectivity index (χ1n) is 6.67. The third-order valence-electron chi connectivity index (χ3n) is 3.45. The molecule has 0 aliphatic carbocycles. The van der Waals surface area contributed by atoms with E-state index < -0.39 is 0 Å². The number of hydrogen-bond donors (Lipinski definition) is 3. The van der Waals surface area contributed by atoms with Crippen LogP contribution >= 0.6 is 0 Å². The van der Waals surface area contributed by atoms with Crippen molar-refractivity contribution in [3.05, 3.63) is 35.9 Å². The predicted octanol–water partition coefficient (Wildman–Crippen LogP) is 1.83. The molecule has 0 saturated heterocycles. The van der Waals surface area contributed by atoms with Gasteiger partial charge in [0.2, 0.25) is 0 Å². The molecule has 0 aromatic heterocycles. The van der Waals surface area contributed by atoms with Crippen molar-refractivity contribution in [3.8, 4) is 0 Å². The average Bonchev–Trinajstić information content (AvgIpc) is 2.37. The van der Waals surface area contributed by atoms with Crippen LogP contribution in [0, 0.1) is 10.8 Å². The number of nitrogens with two attached hydrogens (primary N) is 1. The minimum absolute atomic E-state index is 0.146. The van der Waals surface area contributed by atoms with Crippen LogP contribution in [0.1, 0.15) is 25.8 Å². The van der Waals surface area contributed by atoms with E-state index in [-0.39, 0.29) is 17.9 Å². The van der Waals surface area contributed by atoms with E-state index in [0.717, 1.165) is 19.5 Å². The summed E-state index contributed by atoms with van der Waals surface area (Å²) in [6, 6.07) is 10.2. The highest BCUT2D eigenvalue weighted by molar-refractivity contribution is 5.82. The summed E-state index contributed by atoms with van der Waals surface area (Å²) in [4.78, 5) is 2.19. The van der Waals surface area contributed by atoms with Gasteiger partial charge in [-0.15, -0.1) is 0 Å². The number of amidine groups is 1. The Morgan fingerprint density at radius 1 is 1.26 bits per heavy atom. The van der Waals surface area contributed by atoms with Crippen LogP contribution in [0.5, 0.6) is 0 Å². The molecular formula is C15H25N3O. The van der Waals surface area contributed by atoms with Crippen molar-refractivity contribution in [1.82, 2.24) is 4.90 Å². The molecule has 19 heavy (non-hydrogen) atoms. The zero-order valence-corrected chi connectivity index (χ0v) is 11.9. The van der Waals surface area contributed by atoms with Crippen LogP contribution in [0.4, 0.5) is 0 Å². The third kappa shape index (κ3) is 5.41. The second-order valence-electron chi connectivity index (χ2n) is 5.53. The Kier molecular flexibility index (Phi) is 5.99. The van der Waals surface area contributed by atoms with Gasteiger partial charge in [-0.25, -0.2) is 0 Å². The maximum absolute atomic E-state index is 9.14. The Morgan fingerprint density at radius 2 is 1.89 bits per heavy atom. The Hall–Kier alpha value is -1.39. The van der Waals surface area contributed by atoms with Crippen molar-refractivity contribution in [2.45, 2.75) is 26.8 Å². The van der Waals surface area contributed by atoms with Gasteiger partial charge in [0.15, 0.2) is 0 Å². The number of nitrogens with zero attached hydrogens (tertiary/aromatic N) is 1. The van der Waals surface area contributed by atoms with Crippen molar-refractivity contribution in [3.63, 3.8) is 0 Å². The summed E-state index contributed by atoms with van der Waals surface area (Å²) >= 11 is 0. The van der Waals surface area contributed by atoms with Gasteiger partial charge in [-0.1, -0.05) is 44.2 Å². The summed E-state index contributed by atoms with van der Waals surface area (Å²) in [5.41, 5.74) is 6.54. The minimum atomic E-state index is -0.287. The monoisotopic (exact) mass is 263 g/mol. The summed E-state index contributed by atoms with van der Waals surface area (Å²) in [7, 11) is 0. The van der Waals surface area contributed by atoms with Crippen LogP contribution < -0.4 is 5.73 Å². The van der Waals surface area contributed by atoms with Crippen LogP contribution in [0.15, 0.2) is 30.3 Å². The second kappa shape index (κ2) is 7.26. The number of benzene rings is 1. The number of aliphatic hydroxyl groups is 1. The molecule has 106 valence electrons. The number of aliphatic hydroxyl groups excluding tert-OH is 1. The van der Waals surface area contributed by atoms with Gasteiger partial charge in [-0.3, -0.25) is 10.3 Å². The maximum Gasteiger partial charge on any atom is 0.0963 e. The number of hydrogen-bond acceptors (Lipinski definition) is 3. The first-order chi connectivity index (χ1) is 8.95. The first-order valence-corrected chi connectivity index (χ1v) is 6.67. The van der Waals surface area contributed by atoms with E-state index in [2.05, 4.69) is 17.0 Å². The molecule has 0 heterocycles. The van der Waals surface area contributed by atoms with E-state index >= 15 is 0 Å². The molecular weight excluding hydrogens is 238 g/mol. The van der Waals surface area contributed by atoms with E-state index in [4.69, 9.17) is 16.2 Å². The number of rotatable bonds is 8. The lowest BCUT2D eigenvalue weighted by atomic mass is 9.88. The molecule has 1 rings (SSSR count). The van der Waals surface area contributed by atoms with Crippen LogP contribution in [-0.2, 0) is 6.54 Å². The molecule has 0 atom stereocenters. The lowest BCUT2D eigenvalue weighted by Crippen LogP contribution is -2.36. The Labute approximate surface area is 115 Å². The highest BCUT2D eigenvalue weighted by Gasteiger charge is 2.22. The van der Waals surface area contributed by atoms with Gasteiger partial charge in [-0.05, 0) is 18.5 Å². The molecule has 0 bridgehead atoms. The van der Waals surface area contributed by atoms with Crippen LogP contribution in [0.25, 0.3) is 0 Å². The van der Waals surface area contributed by atoms with E-state index in [1.165, 1.54) is 5.56 Å².